The molecule has 7 heteroatoms. The van der Waals surface area contributed by atoms with E-state index in [2.05, 4.69) is 15.5 Å². The first-order chi connectivity index (χ1) is 15.4. The summed E-state index contributed by atoms with van der Waals surface area (Å²) >= 11 is 7.56. The van der Waals surface area contributed by atoms with Gasteiger partial charge >= 0.3 is 0 Å². The van der Waals surface area contributed by atoms with Crippen LogP contribution in [0.2, 0.25) is 5.02 Å². The number of hydrogen-bond donors (Lipinski definition) is 1. The molecule has 0 atom stereocenters. The average molecular weight is 463 g/mol. The minimum atomic E-state index is -0.0912. The summed E-state index contributed by atoms with van der Waals surface area (Å²) in [6.07, 6.45) is 0. The van der Waals surface area contributed by atoms with Crippen molar-refractivity contribution in [2.24, 2.45) is 0 Å². The summed E-state index contributed by atoms with van der Waals surface area (Å²) < 4.78 is 1.96. The van der Waals surface area contributed by atoms with Crippen molar-refractivity contribution in [1.29, 1.82) is 0 Å². The Hall–Kier alpha value is -3.09. The number of aromatic nitrogens is 3. The Morgan fingerprint density at radius 3 is 2.50 bits per heavy atom. The number of halogens is 1. The lowest BCUT2D eigenvalue weighted by atomic mass is 10.1. The maximum absolute atomic E-state index is 12.7. The summed E-state index contributed by atoms with van der Waals surface area (Å²) in [5, 5.41) is 13.1. The predicted molar refractivity (Wildman–Crippen MR) is 132 cm³/mol. The second kappa shape index (κ2) is 9.59. The number of carbonyl (C=O) groups is 1. The van der Waals surface area contributed by atoms with Crippen LogP contribution in [0, 0.1) is 20.8 Å². The number of benzene rings is 3. The van der Waals surface area contributed by atoms with Crippen LogP contribution < -0.4 is 5.32 Å². The topological polar surface area (TPSA) is 59.8 Å². The van der Waals surface area contributed by atoms with Crippen molar-refractivity contribution in [3.63, 3.8) is 0 Å². The zero-order chi connectivity index (χ0) is 22.7. The SMILES string of the molecule is Cc1ccc(-n2c(SCC(=O)Nc3cccc(C)c3C)nnc2-c2cccc(Cl)c2)cc1. The maximum atomic E-state index is 12.7. The fourth-order valence-electron chi connectivity index (χ4n) is 3.31. The molecule has 3 aromatic carbocycles. The molecule has 0 saturated carbocycles. The number of hydrogen-bond acceptors (Lipinski definition) is 4. The molecule has 4 rings (SSSR count). The van der Waals surface area contributed by atoms with Gasteiger partial charge in [0.15, 0.2) is 11.0 Å². The van der Waals surface area contributed by atoms with Crippen LogP contribution in [0.4, 0.5) is 5.69 Å². The highest BCUT2D eigenvalue weighted by Gasteiger charge is 2.18. The molecule has 0 fully saturated rings. The third-order valence-corrected chi connectivity index (χ3v) is 6.38. The van der Waals surface area contributed by atoms with Crippen molar-refractivity contribution >= 4 is 35.0 Å². The Labute approximate surface area is 196 Å². The summed E-state index contributed by atoms with van der Waals surface area (Å²) in [5.41, 5.74) is 5.98. The molecule has 0 spiro atoms. The number of rotatable bonds is 6. The van der Waals surface area contributed by atoms with E-state index < -0.39 is 0 Å². The second-order valence-corrected chi connectivity index (χ2v) is 8.95. The van der Waals surface area contributed by atoms with Gasteiger partial charge in [-0.25, -0.2) is 0 Å². The van der Waals surface area contributed by atoms with Crippen LogP contribution in [0.3, 0.4) is 0 Å². The van der Waals surface area contributed by atoms with Crippen LogP contribution in [0.15, 0.2) is 71.9 Å². The molecule has 0 bridgehead atoms. The molecular weight excluding hydrogens is 440 g/mol. The molecule has 0 aliphatic rings. The van der Waals surface area contributed by atoms with Gasteiger partial charge in [-0.1, -0.05) is 65.3 Å². The standard InChI is InChI=1S/C25H23ClN4OS/c1-16-10-12-21(13-11-16)30-24(19-7-5-8-20(26)14-19)28-29-25(30)32-15-23(31)27-22-9-4-6-17(2)18(22)3/h4-14H,15H2,1-3H3,(H,27,31). The van der Waals surface area contributed by atoms with Crippen LogP contribution in [0.1, 0.15) is 16.7 Å². The van der Waals surface area contributed by atoms with Gasteiger partial charge in [-0.05, 0) is 62.2 Å². The molecule has 0 aliphatic heterocycles. The zero-order valence-electron chi connectivity index (χ0n) is 18.1. The Balaban J connectivity index is 1.61. The minimum absolute atomic E-state index is 0.0912. The van der Waals surface area contributed by atoms with Gasteiger partial charge in [0.25, 0.3) is 0 Å². The van der Waals surface area contributed by atoms with Gasteiger partial charge < -0.3 is 5.32 Å². The summed E-state index contributed by atoms with van der Waals surface area (Å²) in [7, 11) is 0. The van der Waals surface area contributed by atoms with Gasteiger partial charge in [0.2, 0.25) is 5.91 Å². The third kappa shape index (κ3) is 4.87. The molecule has 1 heterocycles. The Kier molecular flexibility index (Phi) is 6.63. The van der Waals surface area contributed by atoms with E-state index in [0.29, 0.717) is 16.0 Å². The van der Waals surface area contributed by atoms with Gasteiger partial charge in [-0.2, -0.15) is 0 Å². The largest absolute Gasteiger partial charge is 0.325 e. The summed E-state index contributed by atoms with van der Waals surface area (Å²) in [6, 6.07) is 21.5. The first-order valence-electron chi connectivity index (χ1n) is 10.2. The van der Waals surface area contributed by atoms with E-state index in [1.807, 2.05) is 92.1 Å². The highest BCUT2D eigenvalue weighted by molar-refractivity contribution is 7.99. The van der Waals surface area contributed by atoms with Crippen LogP contribution in [0.5, 0.6) is 0 Å². The first-order valence-corrected chi connectivity index (χ1v) is 11.6. The highest BCUT2D eigenvalue weighted by Crippen LogP contribution is 2.29. The molecule has 1 amide bonds. The van der Waals surface area contributed by atoms with Gasteiger partial charge in [-0.3, -0.25) is 9.36 Å². The molecule has 0 saturated heterocycles. The second-order valence-electron chi connectivity index (χ2n) is 7.57. The van der Waals surface area contributed by atoms with Crippen molar-refractivity contribution in [1.82, 2.24) is 14.8 Å². The Bertz CT molecular complexity index is 1270. The zero-order valence-corrected chi connectivity index (χ0v) is 19.7. The molecule has 32 heavy (non-hydrogen) atoms. The third-order valence-electron chi connectivity index (χ3n) is 5.22. The molecule has 0 aliphatic carbocycles. The summed E-state index contributed by atoms with van der Waals surface area (Å²) in [5.74, 6) is 0.799. The number of anilines is 1. The van der Waals surface area contributed by atoms with Crippen molar-refractivity contribution in [3.05, 3.63) is 88.4 Å². The molecule has 1 aromatic heterocycles. The summed E-state index contributed by atoms with van der Waals surface area (Å²) in [4.78, 5) is 12.7. The number of aryl methyl sites for hydroxylation is 2. The average Bonchev–Trinajstić information content (AvgIpc) is 3.20. The van der Waals surface area contributed by atoms with Crippen molar-refractivity contribution in [2.75, 3.05) is 11.1 Å². The Morgan fingerprint density at radius 2 is 1.75 bits per heavy atom. The molecule has 5 nitrogen and oxygen atoms in total. The van der Waals surface area contributed by atoms with Gasteiger partial charge in [-0.15, -0.1) is 10.2 Å². The summed E-state index contributed by atoms with van der Waals surface area (Å²) in [6.45, 7) is 6.08. The van der Waals surface area contributed by atoms with E-state index in [0.717, 1.165) is 33.6 Å². The molecule has 1 N–H and O–H groups in total. The minimum Gasteiger partial charge on any atom is -0.325 e. The van der Waals surface area contributed by atoms with Crippen LogP contribution in [-0.2, 0) is 4.79 Å². The highest BCUT2D eigenvalue weighted by atomic mass is 35.5. The lowest BCUT2D eigenvalue weighted by molar-refractivity contribution is -0.113. The van der Waals surface area contributed by atoms with Crippen molar-refractivity contribution in [3.8, 4) is 17.1 Å². The number of nitrogens with one attached hydrogen (secondary N) is 1. The predicted octanol–water partition coefficient (Wildman–Crippen LogP) is 6.24. The van der Waals surface area contributed by atoms with E-state index in [1.165, 1.54) is 11.8 Å². The van der Waals surface area contributed by atoms with Gasteiger partial charge in [0.1, 0.15) is 0 Å². The Morgan fingerprint density at radius 1 is 1.00 bits per heavy atom. The number of nitrogens with zero attached hydrogens (tertiary/aromatic N) is 3. The first kappa shape index (κ1) is 22.1. The van der Waals surface area contributed by atoms with Crippen molar-refractivity contribution < 1.29 is 4.79 Å². The monoisotopic (exact) mass is 462 g/mol. The maximum Gasteiger partial charge on any atom is 0.234 e. The number of thioether (sulfide) groups is 1. The number of carbonyl (C=O) groups excluding carboxylic acids is 1. The van der Waals surface area contributed by atoms with E-state index in [4.69, 9.17) is 11.6 Å². The van der Waals surface area contributed by atoms with Gasteiger partial charge in [0.05, 0.1) is 5.75 Å². The molecule has 4 aromatic rings. The van der Waals surface area contributed by atoms with E-state index in [-0.39, 0.29) is 11.7 Å². The van der Waals surface area contributed by atoms with E-state index in [9.17, 15) is 4.79 Å². The smallest absolute Gasteiger partial charge is 0.234 e. The van der Waals surface area contributed by atoms with Crippen LogP contribution in [0.25, 0.3) is 17.1 Å². The fourth-order valence-corrected chi connectivity index (χ4v) is 4.25. The quantitative estimate of drug-likeness (QED) is 0.344. The van der Waals surface area contributed by atoms with Crippen LogP contribution in [-0.4, -0.2) is 26.4 Å². The fraction of sp³-hybridized carbons (Fsp3) is 0.160. The van der Waals surface area contributed by atoms with E-state index in [1.54, 1.807) is 0 Å². The molecule has 162 valence electrons. The lowest BCUT2D eigenvalue weighted by Gasteiger charge is -2.12. The number of amides is 1. The normalized spacial score (nSPS) is 10.9. The molecular formula is C25H23ClN4OS. The van der Waals surface area contributed by atoms with Crippen molar-refractivity contribution in [2.45, 2.75) is 25.9 Å². The molecule has 0 radical (unpaired) electrons. The lowest BCUT2D eigenvalue weighted by Crippen LogP contribution is -2.15. The van der Waals surface area contributed by atoms with Crippen LogP contribution >= 0.6 is 23.4 Å². The van der Waals surface area contributed by atoms with E-state index >= 15 is 0 Å². The van der Waals surface area contributed by atoms with Gasteiger partial charge in [0, 0.05) is 22.0 Å². The molecule has 0 unspecified atom stereocenters.